The summed E-state index contributed by atoms with van der Waals surface area (Å²) in [5.41, 5.74) is 2.87. The molecule has 0 radical (unpaired) electrons. The topological polar surface area (TPSA) is 12.5 Å². The summed E-state index contributed by atoms with van der Waals surface area (Å²) in [6.45, 7) is 3.28. The molecule has 0 fully saturated rings. The van der Waals surface area contributed by atoms with E-state index in [0.717, 1.165) is 18.8 Å². The highest BCUT2D eigenvalue weighted by molar-refractivity contribution is 7.10. The molecule has 0 saturated carbocycles. The Labute approximate surface area is 124 Å². The highest BCUT2D eigenvalue weighted by Crippen LogP contribution is 2.25. The lowest BCUT2D eigenvalue weighted by molar-refractivity contribution is 0.247. The van der Waals surface area contributed by atoms with E-state index in [9.17, 15) is 0 Å². The molecule has 2 aromatic rings. The number of methoxy groups -OCH3 is 1. The number of hydrogen-bond donors (Lipinski definition) is 0. The van der Waals surface area contributed by atoms with E-state index in [1.165, 1.54) is 24.1 Å². The maximum absolute atomic E-state index is 5.18. The molecule has 2 nitrogen and oxygen atoms in total. The van der Waals surface area contributed by atoms with Gasteiger partial charge in [-0.25, -0.2) is 0 Å². The molecule has 0 saturated heterocycles. The van der Waals surface area contributed by atoms with Gasteiger partial charge in [-0.1, -0.05) is 12.1 Å². The smallest absolute Gasteiger partial charge is 0.118 e. The van der Waals surface area contributed by atoms with Crippen LogP contribution >= 0.6 is 23.7 Å². The Morgan fingerprint density at radius 1 is 1.21 bits per heavy atom. The standard InChI is InChI=1S/C15H17NOS.ClH/c1-17-14-4-2-12(3-5-14)10-16-8-6-15-13(11-16)7-9-18-15;/h2-5,7,9H,6,8,10-11H2,1H3;1H. The number of nitrogens with zero attached hydrogens (tertiary/aromatic N) is 1. The van der Waals surface area contributed by atoms with Crippen molar-refractivity contribution in [2.24, 2.45) is 0 Å². The molecule has 0 N–H and O–H groups in total. The molecule has 4 heteroatoms. The van der Waals surface area contributed by atoms with Crippen molar-refractivity contribution in [3.8, 4) is 5.75 Å². The number of benzene rings is 1. The Hall–Kier alpha value is -1.03. The third kappa shape index (κ3) is 3.30. The first-order valence-electron chi connectivity index (χ1n) is 6.25. The fraction of sp³-hybridized carbons (Fsp3) is 0.333. The first kappa shape index (κ1) is 14.4. The second-order valence-electron chi connectivity index (χ2n) is 4.68. The molecule has 102 valence electrons. The van der Waals surface area contributed by atoms with E-state index in [-0.39, 0.29) is 12.4 Å². The predicted molar refractivity (Wildman–Crippen MR) is 82.4 cm³/mol. The monoisotopic (exact) mass is 295 g/mol. The summed E-state index contributed by atoms with van der Waals surface area (Å²) >= 11 is 1.90. The predicted octanol–water partition coefficient (Wildman–Crippen LogP) is 3.74. The van der Waals surface area contributed by atoms with Gasteiger partial charge in [-0.2, -0.15) is 0 Å². The van der Waals surface area contributed by atoms with E-state index < -0.39 is 0 Å². The molecule has 0 bridgehead atoms. The second-order valence-corrected chi connectivity index (χ2v) is 5.68. The van der Waals surface area contributed by atoms with Crippen LogP contribution in [0.25, 0.3) is 0 Å². The maximum atomic E-state index is 5.18. The van der Waals surface area contributed by atoms with Gasteiger partial charge in [0, 0.05) is 24.5 Å². The van der Waals surface area contributed by atoms with Crippen LogP contribution in [0.1, 0.15) is 16.0 Å². The number of hydrogen-bond acceptors (Lipinski definition) is 3. The molecule has 1 aliphatic heterocycles. The molecule has 19 heavy (non-hydrogen) atoms. The summed E-state index contributed by atoms with van der Waals surface area (Å²) in [5, 5.41) is 2.21. The molecule has 0 unspecified atom stereocenters. The van der Waals surface area contributed by atoms with Crippen molar-refractivity contribution >= 4 is 23.7 Å². The third-order valence-corrected chi connectivity index (χ3v) is 4.47. The van der Waals surface area contributed by atoms with Crippen molar-refractivity contribution in [3.63, 3.8) is 0 Å². The van der Waals surface area contributed by atoms with Gasteiger partial charge in [0.15, 0.2) is 0 Å². The Morgan fingerprint density at radius 3 is 2.74 bits per heavy atom. The SMILES string of the molecule is COc1ccc(CN2CCc3sccc3C2)cc1.Cl. The number of thiophene rings is 1. The van der Waals surface area contributed by atoms with E-state index in [1.807, 2.05) is 23.5 Å². The van der Waals surface area contributed by atoms with Gasteiger partial charge in [-0.05, 0) is 41.1 Å². The van der Waals surface area contributed by atoms with E-state index >= 15 is 0 Å². The quantitative estimate of drug-likeness (QED) is 0.855. The summed E-state index contributed by atoms with van der Waals surface area (Å²) in [7, 11) is 1.71. The van der Waals surface area contributed by atoms with Gasteiger partial charge in [0.2, 0.25) is 0 Å². The Kier molecular flexibility index (Phi) is 4.86. The minimum Gasteiger partial charge on any atom is -0.497 e. The van der Waals surface area contributed by atoms with Crippen molar-refractivity contribution in [1.82, 2.24) is 4.90 Å². The molecule has 0 atom stereocenters. The molecular formula is C15H18ClNOS. The normalized spacial score (nSPS) is 14.6. The third-order valence-electron chi connectivity index (χ3n) is 3.45. The summed E-state index contributed by atoms with van der Waals surface area (Å²) in [5.74, 6) is 0.928. The van der Waals surface area contributed by atoms with Crippen molar-refractivity contribution in [3.05, 3.63) is 51.7 Å². The molecular weight excluding hydrogens is 278 g/mol. The summed E-state index contributed by atoms with van der Waals surface area (Å²) in [6.07, 6.45) is 1.20. The number of fused-ring (bicyclic) bond motifs is 1. The molecule has 0 amide bonds. The minimum atomic E-state index is 0. The molecule has 2 heterocycles. The number of ether oxygens (including phenoxy) is 1. The van der Waals surface area contributed by atoms with Crippen LogP contribution in [-0.2, 0) is 19.5 Å². The maximum Gasteiger partial charge on any atom is 0.118 e. The van der Waals surface area contributed by atoms with E-state index in [0.29, 0.717) is 0 Å². The number of rotatable bonds is 3. The van der Waals surface area contributed by atoms with Crippen molar-refractivity contribution < 1.29 is 4.74 Å². The lowest BCUT2D eigenvalue weighted by Gasteiger charge is -2.26. The van der Waals surface area contributed by atoms with Crippen LogP contribution in [-0.4, -0.2) is 18.6 Å². The zero-order valence-corrected chi connectivity index (χ0v) is 12.6. The Morgan fingerprint density at radius 2 is 2.00 bits per heavy atom. The first-order valence-corrected chi connectivity index (χ1v) is 7.13. The van der Waals surface area contributed by atoms with Gasteiger partial charge in [-0.15, -0.1) is 23.7 Å². The Bertz CT molecular complexity index is 523. The zero-order chi connectivity index (χ0) is 12.4. The highest BCUT2D eigenvalue weighted by atomic mass is 35.5. The summed E-state index contributed by atoms with van der Waals surface area (Å²) < 4.78 is 5.18. The van der Waals surface area contributed by atoms with Crippen LogP contribution in [0.2, 0.25) is 0 Å². The lowest BCUT2D eigenvalue weighted by atomic mass is 10.1. The average molecular weight is 296 g/mol. The van der Waals surface area contributed by atoms with Gasteiger partial charge in [0.25, 0.3) is 0 Å². The van der Waals surface area contributed by atoms with Gasteiger partial charge in [-0.3, -0.25) is 4.90 Å². The number of halogens is 1. The van der Waals surface area contributed by atoms with Gasteiger partial charge >= 0.3 is 0 Å². The van der Waals surface area contributed by atoms with Crippen LogP contribution in [0, 0.1) is 0 Å². The van der Waals surface area contributed by atoms with Crippen LogP contribution in [0.5, 0.6) is 5.75 Å². The molecule has 1 aromatic carbocycles. The lowest BCUT2D eigenvalue weighted by Crippen LogP contribution is -2.29. The fourth-order valence-corrected chi connectivity index (χ4v) is 3.32. The van der Waals surface area contributed by atoms with Crippen molar-refractivity contribution in [2.75, 3.05) is 13.7 Å². The average Bonchev–Trinajstić information content (AvgIpc) is 2.87. The van der Waals surface area contributed by atoms with Gasteiger partial charge < -0.3 is 4.74 Å². The second kappa shape index (κ2) is 6.42. The van der Waals surface area contributed by atoms with E-state index in [4.69, 9.17) is 4.74 Å². The van der Waals surface area contributed by atoms with Gasteiger partial charge in [0.05, 0.1) is 7.11 Å². The van der Waals surface area contributed by atoms with Gasteiger partial charge in [0.1, 0.15) is 5.75 Å². The molecule has 1 aliphatic rings. The summed E-state index contributed by atoms with van der Waals surface area (Å²) in [6, 6.07) is 10.6. The van der Waals surface area contributed by atoms with Crippen LogP contribution in [0.4, 0.5) is 0 Å². The molecule has 0 aliphatic carbocycles. The summed E-state index contributed by atoms with van der Waals surface area (Å²) in [4.78, 5) is 4.08. The molecule has 1 aromatic heterocycles. The van der Waals surface area contributed by atoms with Crippen LogP contribution in [0.15, 0.2) is 35.7 Å². The highest BCUT2D eigenvalue weighted by Gasteiger charge is 2.16. The van der Waals surface area contributed by atoms with Crippen molar-refractivity contribution in [1.29, 1.82) is 0 Å². The Balaban J connectivity index is 0.00000133. The van der Waals surface area contributed by atoms with Crippen molar-refractivity contribution in [2.45, 2.75) is 19.5 Å². The first-order chi connectivity index (χ1) is 8.85. The largest absolute Gasteiger partial charge is 0.497 e. The zero-order valence-electron chi connectivity index (χ0n) is 11.0. The van der Waals surface area contributed by atoms with E-state index in [1.54, 1.807) is 12.0 Å². The fourth-order valence-electron chi connectivity index (χ4n) is 2.43. The van der Waals surface area contributed by atoms with Crippen LogP contribution in [0.3, 0.4) is 0 Å². The van der Waals surface area contributed by atoms with E-state index in [2.05, 4.69) is 28.5 Å². The minimum absolute atomic E-state index is 0. The molecule has 3 rings (SSSR count). The molecule has 0 spiro atoms. The van der Waals surface area contributed by atoms with Crippen LogP contribution < -0.4 is 4.74 Å².